The number of morpholine rings is 1. The van der Waals surface area contributed by atoms with E-state index < -0.39 is 17.7 Å². The van der Waals surface area contributed by atoms with Crippen LogP contribution >= 0.6 is 11.3 Å². The van der Waals surface area contributed by atoms with Gasteiger partial charge in [0.1, 0.15) is 5.75 Å². The van der Waals surface area contributed by atoms with Gasteiger partial charge in [-0.2, -0.15) is 0 Å². The van der Waals surface area contributed by atoms with Gasteiger partial charge in [-0.25, -0.2) is 0 Å². The molecule has 176 valence electrons. The molecule has 0 spiro atoms. The second-order valence-corrected chi connectivity index (χ2v) is 9.14. The van der Waals surface area contributed by atoms with Crippen LogP contribution in [0.1, 0.15) is 41.0 Å². The van der Waals surface area contributed by atoms with Crippen LogP contribution in [0.5, 0.6) is 5.75 Å². The van der Waals surface area contributed by atoms with E-state index in [0.29, 0.717) is 18.0 Å². The molecule has 0 bridgehead atoms. The smallest absolute Gasteiger partial charge is 0.290 e. The predicted octanol–water partition coefficient (Wildman–Crippen LogP) is 3.84. The highest BCUT2D eigenvalue weighted by Crippen LogP contribution is 2.40. The summed E-state index contributed by atoms with van der Waals surface area (Å²) in [5, 5.41) is 12.6. The van der Waals surface area contributed by atoms with E-state index in [1.807, 2.05) is 36.6 Å². The van der Waals surface area contributed by atoms with Gasteiger partial charge in [-0.05, 0) is 42.0 Å². The van der Waals surface area contributed by atoms with Gasteiger partial charge in [0, 0.05) is 26.2 Å². The first kappa shape index (κ1) is 23.5. The third kappa shape index (κ3) is 5.29. The van der Waals surface area contributed by atoms with Gasteiger partial charge in [-0.15, -0.1) is 11.3 Å². The van der Waals surface area contributed by atoms with Crippen molar-refractivity contribution in [1.29, 1.82) is 0 Å². The first-order valence-electron chi connectivity index (χ1n) is 11.4. The van der Waals surface area contributed by atoms with Crippen LogP contribution in [0.4, 0.5) is 0 Å². The minimum absolute atomic E-state index is 0.149. The number of hydrogen-bond acceptors (Lipinski definition) is 7. The van der Waals surface area contributed by atoms with Crippen molar-refractivity contribution in [1.82, 2.24) is 9.80 Å². The predicted molar refractivity (Wildman–Crippen MR) is 127 cm³/mol. The standard InChI is InChI=1S/C25H30N2O5S/c1-2-14-32-19-8-6-18(7-9-19)22-21(23(28)20-5-3-17-33-20)24(29)25(30)27(22)11-4-10-26-12-15-31-16-13-26/h3,5-9,17,22,29H,2,4,10-16H2,1H3/t22-/m0/s1. The molecule has 2 aliphatic rings. The average Bonchev–Trinajstić information content (AvgIpc) is 3.47. The maximum Gasteiger partial charge on any atom is 0.290 e. The highest BCUT2D eigenvalue weighted by Gasteiger charge is 2.43. The molecule has 1 saturated heterocycles. The Morgan fingerprint density at radius 3 is 2.61 bits per heavy atom. The SMILES string of the molecule is CCCOc1ccc([C@H]2C(C(=O)c3cccs3)=C(O)C(=O)N2CCCN2CCOCC2)cc1. The maximum absolute atomic E-state index is 13.3. The molecule has 1 N–H and O–H groups in total. The van der Waals surface area contributed by atoms with Crippen LogP contribution in [0.15, 0.2) is 53.1 Å². The van der Waals surface area contributed by atoms with E-state index in [0.717, 1.165) is 57.0 Å². The third-order valence-corrected chi connectivity index (χ3v) is 6.81. The fourth-order valence-electron chi connectivity index (χ4n) is 4.26. The van der Waals surface area contributed by atoms with Crippen LogP contribution in [-0.4, -0.2) is 72.6 Å². The molecule has 3 heterocycles. The van der Waals surface area contributed by atoms with Crippen LogP contribution in [-0.2, 0) is 9.53 Å². The molecule has 1 atom stereocenters. The largest absolute Gasteiger partial charge is 0.503 e. The Morgan fingerprint density at radius 2 is 1.94 bits per heavy atom. The van der Waals surface area contributed by atoms with Crippen LogP contribution in [0.3, 0.4) is 0 Å². The fourth-order valence-corrected chi connectivity index (χ4v) is 4.94. The second kappa shape index (κ2) is 11.0. The highest BCUT2D eigenvalue weighted by molar-refractivity contribution is 7.12. The number of carbonyl (C=O) groups excluding carboxylic acids is 2. The van der Waals surface area contributed by atoms with Crippen molar-refractivity contribution in [2.24, 2.45) is 0 Å². The van der Waals surface area contributed by atoms with Gasteiger partial charge in [-0.1, -0.05) is 25.1 Å². The number of ketones is 1. The van der Waals surface area contributed by atoms with E-state index in [9.17, 15) is 14.7 Å². The lowest BCUT2D eigenvalue weighted by molar-refractivity contribution is -0.129. The van der Waals surface area contributed by atoms with Gasteiger partial charge in [0.05, 0.1) is 36.3 Å². The molecule has 0 unspecified atom stereocenters. The van der Waals surface area contributed by atoms with Crippen molar-refractivity contribution in [3.05, 3.63) is 63.6 Å². The number of carbonyl (C=O) groups is 2. The molecular formula is C25H30N2O5S. The van der Waals surface area contributed by atoms with Crippen molar-refractivity contribution in [2.45, 2.75) is 25.8 Å². The number of thiophene rings is 1. The number of Topliss-reactive ketones (excluding diaryl/α,β-unsaturated/α-hetero) is 1. The van der Waals surface area contributed by atoms with Crippen LogP contribution in [0.25, 0.3) is 0 Å². The molecular weight excluding hydrogens is 440 g/mol. The average molecular weight is 471 g/mol. The van der Waals surface area contributed by atoms with Gasteiger partial charge in [0.2, 0.25) is 5.78 Å². The van der Waals surface area contributed by atoms with Gasteiger partial charge >= 0.3 is 0 Å². The number of hydrogen-bond donors (Lipinski definition) is 1. The number of aliphatic hydroxyl groups excluding tert-OH is 1. The van der Waals surface area contributed by atoms with E-state index in [1.165, 1.54) is 11.3 Å². The number of aliphatic hydroxyl groups is 1. The zero-order valence-electron chi connectivity index (χ0n) is 18.9. The molecule has 8 heteroatoms. The van der Waals surface area contributed by atoms with Gasteiger partial charge in [0.25, 0.3) is 5.91 Å². The second-order valence-electron chi connectivity index (χ2n) is 8.19. The molecule has 33 heavy (non-hydrogen) atoms. The van der Waals surface area contributed by atoms with E-state index in [-0.39, 0.29) is 11.4 Å². The summed E-state index contributed by atoms with van der Waals surface area (Å²) in [5.41, 5.74) is 0.929. The lowest BCUT2D eigenvalue weighted by atomic mass is 9.95. The quantitative estimate of drug-likeness (QED) is 0.532. The summed E-state index contributed by atoms with van der Waals surface area (Å²) in [7, 11) is 0. The van der Waals surface area contributed by atoms with Crippen LogP contribution in [0, 0.1) is 0 Å². The molecule has 1 fully saturated rings. The van der Waals surface area contributed by atoms with Gasteiger partial charge < -0.3 is 19.5 Å². The van der Waals surface area contributed by atoms with E-state index in [2.05, 4.69) is 4.90 Å². The summed E-state index contributed by atoms with van der Waals surface area (Å²) in [6.07, 6.45) is 1.65. The van der Waals surface area contributed by atoms with Gasteiger partial charge in [0.15, 0.2) is 5.76 Å². The summed E-state index contributed by atoms with van der Waals surface area (Å²) in [4.78, 5) is 30.8. The summed E-state index contributed by atoms with van der Waals surface area (Å²) >= 11 is 1.30. The first-order chi connectivity index (χ1) is 16.1. The Labute approximate surface area is 198 Å². The number of rotatable bonds is 10. The molecule has 0 saturated carbocycles. The molecule has 0 aliphatic carbocycles. The van der Waals surface area contributed by atoms with Crippen molar-refractivity contribution in [2.75, 3.05) is 46.0 Å². The van der Waals surface area contributed by atoms with Crippen molar-refractivity contribution >= 4 is 23.0 Å². The Balaban J connectivity index is 1.58. The van der Waals surface area contributed by atoms with E-state index in [4.69, 9.17) is 9.47 Å². The lowest BCUT2D eigenvalue weighted by Crippen LogP contribution is -2.39. The van der Waals surface area contributed by atoms with E-state index >= 15 is 0 Å². The lowest BCUT2D eigenvalue weighted by Gasteiger charge is -2.30. The zero-order chi connectivity index (χ0) is 23.2. The minimum atomic E-state index is -0.628. The van der Waals surface area contributed by atoms with Crippen molar-refractivity contribution < 1.29 is 24.2 Å². The normalized spacial score (nSPS) is 19.4. The zero-order valence-corrected chi connectivity index (χ0v) is 19.7. The fraction of sp³-hybridized carbons (Fsp3) is 0.440. The van der Waals surface area contributed by atoms with Crippen LogP contribution < -0.4 is 4.74 Å². The summed E-state index contributed by atoms with van der Waals surface area (Å²) in [6.45, 7) is 7.14. The third-order valence-electron chi connectivity index (χ3n) is 5.94. The Hall–Kier alpha value is -2.68. The number of ether oxygens (including phenoxy) is 2. The maximum atomic E-state index is 13.3. The van der Waals surface area contributed by atoms with Crippen molar-refractivity contribution in [3.8, 4) is 5.75 Å². The Morgan fingerprint density at radius 1 is 1.18 bits per heavy atom. The molecule has 0 radical (unpaired) electrons. The first-order valence-corrected chi connectivity index (χ1v) is 12.3. The number of amides is 1. The Kier molecular flexibility index (Phi) is 7.80. The molecule has 1 aromatic carbocycles. The Bertz CT molecular complexity index is 981. The number of nitrogens with zero attached hydrogens (tertiary/aromatic N) is 2. The summed E-state index contributed by atoms with van der Waals surface area (Å²) < 4.78 is 11.1. The molecule has 1 amide bonds. The molecule has 2 aliphatic heterocycles. The molecule has 4 rings (SSSR count). The molecule has 1 aromatic heterocycles. The topological polar surface area (TPSA) is 79.3 Å². The highest BCUT2D eigenvalue weighted by atomic mass is 32.1. The van der Waals surface area contributed by atoms with Crippen LogP contribution in [0.2, 0.25) is 0 Å². The summed E-state index contributed by atoms with van der Waals surface area (Å²) in [6, 6.07) is 10.3. The van der Waals surface area contributed by atoms with Gasteiger partial charge in [-0.3, -0.25) is 14.5 Å². The minimum Gasteiger partial charge on any atom is -0.503 e. The number of benzene rings is 1. The van der Waals surface area contributed by atoms with E-state index in [1.54, 1.807) is 17.0 Å². The molecule has 7 nitrogen and oxygen atoms in total. The van der Waals surface area contributed by atoms with Crippen molar-refractivity contribution in [3.63, 3.8) is 0 Å². The molecule has 2 aromatic rings. The monoisotopic (exact) mass is 470 g/mol. The summed E-state index contributed by atoms with van der Waals surface area (Å²) in [5.74, 6) is -0.504.